The van der Waals surface area contributed by atoms with Crippen LogP contribution in [0.3, 0.4) is 0 Å². The Morgan fingerprint density at radius 2 is 1.89 bits per heavy atom. The maximum atomic E-state index is 13.3. The van der Waals surface area contributed by atoms with Gasteiger partial charge in [-0.05, 0) is 18.8 Å². The van der Waals surface area contributed by atoms with E-state index in [1.54, 1.807) is 18.7 Å². The number of tetrazole rings is 1. The first kappa shape index (κ1) is 26.8. The fourth-order valence-corrected chi connectivity index (χ4v) is 4.53. The zero-order valence-corrected chi connectivity index (χ0v) is 20.4. The Morgan fingerprint density at radius 3 is 2.50 bits per heavy atom. The third-order valence-electron chi connectivity index (χ3n) is 6.72. The lowest BCUT2D eigenvalue weighted by Gasteiger charge is -2.30. The summed E-state index contributed by atoms with van der Waals surface area (Å²) in [6, 6.07) is -2.82. The van der Waals surface area contributed by atoms with Gasteiger partial charge in [-0.15, -0.1) is 10.2 Å². The van der Waals surface area contributed by atoms with Gasteiger partial charge in [0.05, 0.1) is 19.6 Å². The number of H-pyrrole nitrogens is 1. The molecule has 0 unspecified atom stereocenters. The fourth-order valence-electron chi connectivity index (χ4n) is 4.53. The molecule has 6 amide bonds. The van der Waals surface area contributed by atoms with Crippen LogP contribution in [0.1, 0.15) is 58.2 Å². The van der Waals surface area contributed by atoms with Gasteiger partial charge in [0, 0.05) is 6.04 Å². The molecule has 1 aromatic rings. The van der Waals surface area contributed by atoms with Gasteiger partial charge < -0.3 is 26.0 Å². The number of carbonyl (C=O) groups is 5. The lowest BCUT2D eigenvalue weighted by atomic mass is 9.94. The molecule has 1 saturated carbocycles. The highest BCUT2D eigenvalue weighted by Gasteiger charge is 2.47. The summed E-state index contributed by atoms with van der Waals surface area (Å²) in [4.78, 5) is 65.6. The highest BCUT2D eigenvalue weighted by Crippen LogP contribution is 2.28. The van der Waals surface area contributed by atoms with Crippen molar-refractivity contribution in [3.8, 4) is 0 Å². The van der Waals surface area contributed by atoms with E-state index in [1.165, 1.54) is 0 Å². The summed E-state index contributed by atoms with van der Waals surface area (Å²) in [6.07, 6.45) is 3.73. The fraction of sp³-hybridized carbons (Fsp3) is 0.714. The summed E-state index contributed by atoms with van der Waals surface area (Å²) >= 11 is 0. The Kier molecular flexibility index (Phi) is 9.13. The van der Waals surface area contributed by atoms with Crippen LogP contribution in [0.5, 0.6) is 0 Å². The highest BCUT2D eigenvalue weighted by atomic mass is 16.4. The molecular weight excluding hydrogens is 474 g/mol. The van der Waals surface area contributed by atoms with Crippen molar-refractivity contribution in [2.24, 2.45) is 5.92 Å². The van der Waals surface area contributed by atoms with Crippen LogP contribution < -0.4 is 16.0 Å². The quantitative estimate of drug-likeness (QED) is 0.279. The van der Waals surface area contributed by atoms with Crippen molar-refractivity contribution in [1.29, 1.82) is 0 Å². The Labute approximate surface area is 207 Å². The Hall–Kier alpha value is -3.78. The van der Waals surface area contributed by atoms with Crippen molar-refractivity contribution in [2.75, 3.05) is 13.1 Å². The van der Waals surface area contributed by atoms with Crippen LogP contribution in [0.15, 0.2) is 0 Å². The van der Waals surface area contributed by atoms with Gasteiger partial charge in [-0.1, -0.05) is 44.7 Å². The second kappa shape index (κ2) is 12.3. The molecule has 1 aliphatic heterocycles. The lowest BCUT2D eigenvalue weighted by Crippen LogP contribution is -2.54. The predicted molar refractivity (Wildman–Crippen MR) is 123 cm³/mol. The van der Waals surface area contributed by atoms with E-state index in [2.05, 4.69) is 36.6 Å². The molecule has 15 heteroatoms. The number of hydrogen-bond acceptors (Lipinski definition) is 8. The molecule has 1 aromatic heterocycles. The number of nitrogens with one attached hydrogen (secondary N) is 4. The number of rotatable bonds is 10. The minimum atomic E-state index is -1.36. The third kappa shape index (κ3) is 6.46. The summed E-state index contributed by atoms with van der Waals surface area (Å²) in [5, 5.41) is 29.5. The number of hydrogen-bond donors (Lipinski definition) is 5. The molecule has 0 spiro atoms. The Bertz CT molecular complexity index is 950. The number of carbonyl (C=O) groups excluding carboxylic acids is 4. The van der Waals surface area contributed by atoms with Crippen molar-refractivity contribution >= 4 is 29.8 Å². The molecule has 0 aromatic carbocycles. The van der Waals surface area contributed by atoms with Gasteiger partial charge in [0.2, 0.25) is 11.8 Å². The minimum absolute atomic E-state index is 0.0390. The third-order valence-corrected chi connectivity index (χ3v) is 6.72. The van der Waals surface area contributed by atoms with Crippen LogP contribution in [-0.4, -0.2) is 96.6 Å². The SMILES string of the molecule is CC[C@H](C)[C@H](NC(=O)O)C(=O)NCC(=O)N1C(=O)N(C2CCCCC2)C[C@H]1C(=O)NCc1nn[nH]n1. The van der Waals surface area contributed by atoms with E-state index in [9.17, 15) is 24.0 Å². The summed E-state index contributed by atoms with van der Waals surface area (Å²) in [6.45, 7) is 2.95. The van der Waals surface area contributed by atoms with Crippen molar-refractivity contribution in [1.82, 2.24) is 46.4 Å². The van der Waals surface area contributed by atoms with E-state index >= 15 is 0 Å². The van der Waals surface area contributed by atoms with E-state index < -0.39 is 48.5 Å². The normalized spacial score (nSPS) is 20.1. The first-order valence-corrected chi connectivity index (χ1v) is 12.1. The zero-order valence-electron chi connectivity index (χ0n) is 20.4. The average Bonchev–Trinajstić information content (AvgIpc) is 3.52. The Balaban J connectivity index is 1.71. The van der Waals surface area contributed by atoms with Gasteiger partial charge >= 0.3 is 12.1 Å². The number of nitrogens with zero attached hydrogens (tertiary/aromatic N) is 5. The molecule has 3 atom stereocenters. The van der Waals surface area contributed by atoms with Crippen molar-refractivity contribution in [3.05, 3.63) is 5.82 Å². The maximum Gasteiger partial charge on any atom is 0.405 e. The molecule has 5 N–H and O–H groups in total. The molecule has 3 rings (SSSR count). The maximum absolute atomic E-state index is 13.3. The number of carboxylic acid groups (broad SMARTS) is 1. The molecule has 2 heterocycles. The van der Waals surface area contributed by atoms with Gasteiger partial charge in [0.25, 0.3) is 5.91 Å². The minimum Gasteiger partial charge on any atom is -0.465 e. The van der Waals surface area contributed by atoms with Crippen LogP contribution in [0.4, 0.5) is 9.59 Å². The summed E-state index contributed by atoms with van der Waals surface area (Å²) in [7, 11) is 0. The van der Waals surface area contributed by atoms with Gasteiger partial charge in [0.1, 0.15) is 12.1 Å². The van der Waals surface area contributed by atoms with E-state index in [4.69, 9.17) is 5.11 Å². The van der Waals surface area contributed by atoms with Crippen LogP contribution >= 0.6 is 0 Å². The van der Waals surface area contributed by atoms with Crippen molar-refractivity contribution in [3.63, 3.8) is 0 Å². The zero-order chi connectivity index (χ0) is 26.2. The molecular formula is C21H33N9O6. The first-order chi connectivity index (χ1) is 17.2. The summed E-state index contributed by atoms with van der Waals surface area (Å²) < 4.78 is 0. The van der Waals surface area contributed by atoms with Crippen molar-refractivity contribution in [2.45, 2.75) is 77.0 Å². The molecule has 0 radical (unpaired) electrons. The molecule has 2 fully saturated rings. The van der Waals surface area contributed by atoms with E-state index in [1.807, 2.05) is 0 Å². The average molecular weight is 508 g/mol. The van der Waals surface area contributed by atoms with E-state index in [-0.39, 0.29) is 30.9 Å². The molecule has 2 aliphatic rings. The van der Waals surface area contributed by atoms with Gasteiger partial charge in [-0.25, -0.2) is 14.5 Å². The van der Waals surface area contributed by atoms with Crippen molar-refractivity contribution < 1.29 is 29.1 Å². The monoisotopic (exact) mass is 507 g/mol. The number of imide groups is 1. The molecule has 0 bridgehead atoms. The van der Waals surface area contributed by atoms with Crippen LogP contribution in [-0.2, 0) is 20.9 Å². The molecule has 1 aliphatic carbocycles. The molecule has 15 nitrogen and oxygen atoms in total. The standard InChI is InChI=1S/C21H33N9O6/c1-3-12(2)17(24-20(34)35)19(33)23-10-16(31)30-14(18(32)22-9-15-25-27-28-26-15)11-29(21(30)36)13-7-5-4-6-8-13/h12-14,17,24H,3-11H2,1-2H3,(H,22,32)(H,23,33)(H,34,35)(H,25,26,27,28)/t12-,14-,17-/m0/s1. The molecule has 1 saturated heterocycles. The molecule has 36 heavy (non-hydrogen) atoms. The lowest BCUT2D eigenvalue weighted by molar-refractivity contribution is -0.136. The van der Waals surface area contributed by atoms with Gasteiger partial charge in [0.15, 0.2) is 5.82 Å². The highest BCUT2D eigenvalue weighted by molar-refractivity contribution is 6.04. The molecule has 198 valence electrons. The smallest absolute Gasteiger partial charge is 0.405 e. The van der Waals surface area contributed by atoms with Crippen LogP contribution in [0.2, 0.25) is 0 Å². The second-order valence-corrected chi connectivity index (χ2v) is 9.08. The summed E-state index contributed by atoms with van der Waals surface area (Å²) in [5.74, 6) is -2.09. The number of aromatic nitrogens is 4. The van der Waals surface area contributed by atoms with E-state index in [0.29, 0.717) is 6.42 Å². The number of amides is 6. The van der Waals surface area contributed by atoms with Gasteiger partial charge in [-0.2, -0.15) is 5.21 Å². The summed E-state index contributed by atoms with van der Waals surface area (Å²) in [5.41, 5.74) is 0. The number of urea groups is 1. The second-order valence-electron chi connectivity index (χ2n) is 9.08. The first-order valence-electron chi connectivity index (χ1n) is 12.1. The number of aromatic amines is 1. The van der Waals surface area contributed by atoms with Gasteiger partial charge in [-0.3, -0.25) is 14.4 Å². The predicted octanol–water partition coefficient (Wildman–Crippen LogP) is -0.420. The van der Waals surface area contributed by atoms with Crippen LogP contribution in [0, 0.1) is 5.92 Å². The van der Waals surface area contributed by atoms with Crippen LogP contribution in [0.25, 0.3) is 0 Å². The largest absolute Gasteiger partial charge is 0.465 e. The van der Waals surface area contributed by atoms with E-state index in [0.717, 1.165) is 37.0 Å². The Morgan fingerprint density at radius 1 is 1.17 bits per heavy atom. The topological polar surface area (TPSA) is 203 Å².